The summed E-state index contributed by atoms with van der Waals surface area (Å²) >= 11 is 0. The van der Waals surface area contributed by atoms with Crippen molar-refractivity contribution in [2.45, 2.75) is 0 Å². The molecular formula is C18H15N7O. The smallest absolute Gasteiger partial charge is 0.301 e. The summed E-state index contributed by atoms with van der Waals surface area (Å²) in [5.74, 6) is 0.489. The van der Waals surface area contributed by atoms with Gasteiger partial charge in [0.15, 0.2) is 11.5 Å². The molecule has 0 saturated heterocycles. The lowest BCUT2D eigenvalue weighted by Gasteiger charge is -2.12. The maximum absolute atomic E-state index is 13.0. The Bertz CT molecular complexity index is 1090. The van der Waals surface area contributed by atoms with Gasteiger partial charge < -0.3 is 10.7 Å². The number of nitrogen functional groups attached to an aromatic ring is 1. The summed E-state index contributed by atoms with van der Waals surface area (Å²) in [6.07, 6.45) is 3.17. The third kappa shape index (κ3) is 2.69. The minimum absolute atomic E-state index is 0.0501. The molecule has 0 spiro atoms. The predicted octanol–water partition coefficient (Wildman–Crippen LogP) is 3.35. The number of azo groups is 1. The molecule has 0 radical (unpaired) electrons. The molecule has 0 amide bonds. The van der Waals surface area contributed by atoms with Crippen molar-refractivity contribution in [3.8, 4) is 11.4 Å². The van der Waals surface area contributed by atoms with Crippen LogP contribution in [0, 0.1) is 0 Å². The molecule has 0 bridgehead atoms. The fourth-order valence-corrected chi connectivity index (χ4v) is 2.64. The third-order valence-corrected chi connectivity index (χ3v) is 3.80. The van der Waals surface area contributed by atoms with E-state index in [0.717, 1.165) is 5.69 Å². The number of hydrogen-bond acceptors (Lipinski definition) is 5. The van der Waals surface area contributed by atoms with Crippen LogP contribution in [-0.4, -0.2) is 19.3 Å². The third-order valence-electron chi connectivity index (χ3n) is 3.80. The number of imidazole rings is 1. The molecule has 0 unspecified atom stereocenters. The summed E-state index contributed by atoms with van der Waals surface area (Å²) in [5.41, 5.74) is 7.37. The van der Waals surface area contributed by atoms with Crippen molar-refractivity contribution in [1.82, 2.24) is 19.3 Å². The molecule has 0 atom stereocenters. The van der Waals surface area contributed by atoms with E-state index in [2.05, 4.69) is 20.2 Å². The van der Waals surface area contributed by atoms with Gasteiger partial charge in [0, 0.05) is 12.4 Å². The molecule has 8 nitrogen and oxygen atoms in total. The van der Waals surface area contributed by atoms with Crippen LogP contribution in [0.2, 0.25) is 0 Å². The van der Waals surface area contributed by atoms with Crippen LogP contribution in [0.3, 0.4) is 0 Å². The molecule has 2 aromatic heterocycles. The second-order valence-corrected chi connectivity index (χ2v) is 5.45. The molecule has 128 valence electrons. The Morgan fingerprint density at radius 3 is 2.08 bits per heavy atom. The Labute approximate surface area is 148 Å². The first-order valence-electron chi connectivity index (χ1n) is 7.91. The van der Waals surface area contributed by atoms with Crippen molar-refractivity contribution in [2.24, 2.45) is 10.2 Å². The minimum atomic E-state index is -0.368. The Morgan fingerprint density at radius 2 is 1.50 bits per heavy atom. The average Bonchev–Trinajstić information content (AvgIpc) is 3.28. The highest BCUT2D eigenvalue weighted by Gasteiger charge is 2.20. The molecule has 0 aliphatic carbocycles. The fourth-order valence-electron chi connectivity index (χ4n) is 2.64. The van der Waals surface area contributed by atoms with E-state index in [1.165, 1.54) is 4.68 Å². The molecule has 4 aromatic rings. The number of anilines is 1. The van der Waals surface area contributed by atoms with E-state index >= 15 is 0 Å². The van der Waals surface area contributed by atoms with E-state index in [1.54, 1.807) is 17.1 Å². The van der Waals surface area contributed by atoms with Crippen LogP contribution in [0.25, 0.3) is 11.4 Å². The summed E-state index contributed by atoms with van der Waals surface area (Å²) < 4.78 is 3.09. The molecule has 0 fully saturated rings. The van der Waals surface area contributed by atoms with Crippen LogP contribution >= 0.6 is 0 Å². The van der Waals surface area contributed by atoms with E-state index in [1.807, 2.05) is 60.7 Å². The van der Waals surface area contributed by atoms with Crippen LogP contribution in [0.5, 0.6) is 0 Å². The van der Waals surface area contributed by atoms with Crippen LogP contribution in [0.1, 0.15) is 0 Å². The number of nitrogens with one attached hydrogen (secondary N) is 1. The Kier molecular flexibility index (Phi) is 3.91. The van der Waals surface area contributed by atoms with Gasteiger partial charge >= 0.3 is 5.56 Å². The van der Waals surface area contributed by atoms with Gasteiger partial charge in [-0.05, 0) is 24.3 Å². The van der Waals surface area contributed by atoms with Gasteiger partial charge in [0.25, 0.3) is 0 Å². The first-order valence-corrected chi connectivity index (χ1v) is 7.91. The van der Waals surface area contributed by atoms with Crippen LogP contribution in [-0.2, 0) is 0 Å². The van der Waals surface area contributed by atoms with E-state index < -0.39 is 0 Å². The molecule has 2 aromatic carbocycles. The lowest BCUT2D eigenvalue weighted by atomic mass is 10.3. The largest absolute Gasteiger partial charge is 0.382 e. The molecule has 3 N–H and O–H groups in total. The average molecular weight is 345 g/mol. The number of nitrogens with two attached hydrogens (primary N) is 1. The quantitative estimate of drug-likeness (QED) is 0.554. The number of benzene rings is 2. The van der Waals surface area contributed by atoms with E-state index in [-0.39, 0.29) is 17.1 Å². The number of aromatic nitrogens is 4. The molecule has 0 aliphatic heterocycles. The number of H-pyrrole nitrogens is 1. The van der Waals surface area contributed by atoms with Crippen molar-refractivity contribution >= 4 is 17.5 Å². The van der Waals surface area contributed by atoms with Gasteiger partial charge in [0.05, 0.1) is 11.4 Å². The number of rotatable bonds is 4. The van der Waals surface area contributed by atoms with Crippen LogP contribution in [0.4, 0.5) is 17.5 Å². The van der Waals surface area contributed by atoms with Crippen molar-refractivity contribution in [3.63, 3.8) is 0 Å². The lowest BCUT2D eigenvalue weighted by molar-refractivity contribution is 0.731. The lowest BCUT2D eigenvalue weighted by Crippen LogP contribution is -2.20. The second kappa shape index (κ2) is 6.52. The van der Waals surface area contributed by atoms with Crippen molar-refractivity contribution < 1.29 is 0 Å². The maximum atomic E-state index is 13.0. The number of aromatic amines is 1. The van der Waals surface area contributed by atoms with E-state index in [0.29, 0.717) is 11.6 Å². The summed E-state index contributed by atoms with van der Waals surface area (Å²) in [6.45, 7) is 0. The van der Waals surface area contributed by atoms with Gasteiger partial charge in [-0.25, -0.2) is 14.3 Å². The molecule has 4 rings (SSSR count). The zero-order chi connectivity index (χ0) is 17.9. The monoisotopic (exact) mass is 345 g/mol. The highest BCUT2D eigenvalue weighted by Crippen LogP contribution is 2.25. The van der Waals surface area contributed by atoms with Crippen LogP contribution < -0.4 is 11.3 Å². The van der Waals surface area contributed by atoms with Crippen molar-refractivity contribution in [3.05, 3.63) is 83.4 Å². The topological polar surface area (TPSA) is 106 Å². The number of nitrogens with zero attached hydrogens (tertiary/aromatic N) is 5. The van der Waals surface area contributed by atoms with Crippen molar-refractivity contribution in [2.75, 3.05) is 5.73 Å². The maximum Gasteiger partial charge on any atom is 0.301 e. The predicted molar refractivity (Wildman–Crippen MR) is 98.5 cm³/mol. The normalized spacial score (nSPS) is 11.2. The number of hydrogen-bond donors (Lipinski definition) is 2. The molecule has 2 heterocycles. The Hall–Kier alpha value is -3.94. The van der Waals surface area contributed by atoms with Gasteiger partial charge in [-0.3, -0.25) is 4.79 Å². The molecule has 0 aliphatic rings. The van der Waals surface area contributed by atoms with Gasteiger partial charge in [-0.2, -0.15) is 0 Å². The fraction of sp³-hybridized carbons (Fsp3) is 0. The zero-order valence-corrected chi connectivity index (χ0v) is 13.6. The number of para-hydroxylation sites is 2. The summed E-state index contributed by atoms with van der Waals surface area (Å²) in [6, 6.07) is 18.6. The van der Waals surface area contributed by atoms with Gasteiger partial charge in [0.1, 0.15) is 0 Å². The Balaban J connectivity index is 1.95. The highest BCUT2D eigenvalue weighted by molar-refractivity contribution is 5.62. The SMILES string of the molecule is Nc1c(N=Nc2ncc[nH]2)c(=O)n(-c2ccccc2)n1-c1ccccc1. The van der Waals surface area contributed by atoms with Gasteiger partial charge in [-0.15, -0.1) is 10.2 Å². The first kappa shape index (κ1) is 15.6. The van der Waals surface area contributed by atoms with Crippen molar-refractivity contribution in [1.29, 1.82) is 0 Å². The van der Waals surface area contributed by atoms with E-state index in [4.69, 9.17) is 5.73 Å². The molecule has 26 heavy (non-hydrogen) atoms. The molecule has 8 heteroatoms. The summed E-state index contributed by atoms with van der Waals surface area (Å²) in [7, 11) is 0. The van der Waals surface area contributed by atoms with Gasteiger partial charge in [-0.1, -0.05) is 36.4 Å². The van der Waals surface area contributed by atoms with Gasteiger partial charge in [0.2, 0.25) is 5.95 Å². The molecular weight excluding hydrogens is 330 g/mol. The minimum Gasteiger partial charge on any atom is -0.382 e. The molecule has 0 saturated carbocycles. The Morgan fingerprint density at radius 1 is 0.885 bits per heavy atom. The van der Waals surface area contributed by atoms with Crippen LogP contribution in [0.15, 0.2) is 88.1 Å². The first-order chi connectivity index (χ1) is 12.8. The zero-order valence-electron chi connectivity index (χ0n) is 13.6. The summed E-state index contributed by atoms with van der Waals surface area (Å²) in [5, 5.41) is 7.98. The highest BCUT2D eigenvalue weighted by atomic mass is 16.1. The van der Waals surface area contributed by atoms with E-state index in [9.17, 15) is 4.79 Å². The summed E-state index contributed by atoms with van der Waals surface area (Å²) in [4.78, 5) is 19.8. The standard InChI is InChI=1S/C18H15N7O/c19-16-15(22-23-18-20-11-12-21-18)17(26)25(14-9-5-2-6-10-14)24(16)13-7-3-1-4-8-13/h1-12H,19H2,(H,20,21). The second-order valence-electron chi connectivity index (χ2n) is 5.45.